The predicted octanol–water partition coefficient (Wildman–Crippen LogP) is 4.13. The third-order valence-electron chi connectivity index (χ3n) is 5.59. The lowest BCUT2D eigenvalue weighted by molar-refractivity contribution is 0.0505. The topological polar surface area (TPSA) is 92.1 Å². The Morgan fingerprint density at radius 1 is 1.15 bits per heavy atom. The van der Waals surface area contributed by atoms with E-state index in [0.717, 1.165) is 5.56 Å². The van der Waals surface area contributed by atoms with Crippen LogP contribution in [0.3, 0.4) is 0 Å². The van der Waals surface area contributed by atoms with Crippen LogP contribution in [0.15, 0.2) is 74.8 Å². The second-order valence-electron chi connectivity index (χ2n) is 8.14. The molecule has 0 unspecified atom stereocenters. The molecule has 3 heterocycles. The molecule has 1 amide bonds. The number of furan rings is 2. The Labute approximate surface area is 201 Å². The summed E-state index contributed by atoms with van der Waals surface area (Å²) >= 11 is 6.02. The molecule has 0 aliphatic rings. The molecular formula is C25H26ClN3O5. The summed E-state index contributed by atoms with van der Waals surface area (Å²) in [5.74, 6) is 0.0308. The predicted molar refractivity (Wildman–Crippen MR) is 129 cm³/mol. The number of aliphatic hydroxyl groups excluding tert-OH is 1. The van der Waals surface area contributed by atoms with Crippen molar-refractivity contribution < 1.29 is 18.7 Å². The van der Waals surface area contributed by atoms with E-state index in [9.17, 15) is 14.7 Å². The van der Waals surface area contributed by atoms with Gasteiger partial charge in [0.25, 0.3) is 5.91 Å². The molecule has 3 aromatic heterocycles. The standard InChI is InChI=1S/C25H26ClN3O5/c1-3-28-14-20(23(31)19-10-12-34-25(19)28)24(32)29(13-17-6-8-18(26)9-7-17)16-27(2)15-21(30)22-5-4-11-33-22/h4-12,14,21,30H,3,13,15-16H2,1-2H3/t21-/m1/s1. The van der Waals surface area contributed by atoms with Gasteiger partial charge in [0.2, 0.25) is 11.1 Å². The Bertz CT molecular complexity index is 1310. The zero-order valence-electron chi connectivity index (χ0n) is 19.0. The van der Waals surface area contributed by atoms with Crippen molar-refractivity contribution in [1.29, 1.82) is 0 Å². The number of pyridine rings is 1. The molecule has 0 saturated heterocycles. The van der Waals surface area contributed by atoms with Crippen molar-refractivity contribution in [3.05, 3.63) is 93.3 Å². The van der Waals surface area contributed by atoms with Gasteiger partial charge in [-0.3, -0.25) is 14.5 Å². The van der Waals surface area contributed by atoms with E-state index in [1.807, 2.05) is 19.1 Å². The third kappa shape index (κ3) is 5.09. The van der Waals surface area contributed by atoms with Crippen LogP contribution >= 0.6 is 11.6 Å². The van der Waals surface area contributed by atoms with Crippen LogP contribution in [0, 0.1) is 0 Å². The van der Waals surface area contributed by atoms with Gasteiger partial charge in [-0.15, -0.1) is 0 Å². The molecule has 1 aromatic carbocycles. The van der Waals surface area contributed by atoms with Crippen LogP contribution in [0.2, 0.25) is 5.02 Å². The highest BCUT2D eigenvalue weighted by atomic mass is 35.5. The van der Waals surface area contributed by atoms with Crippen molar-refractivity contribution in [2.24, 2.45) is 0 Å². The average molecular weight is 484 g/mol. The summed E-state index contributed by atoms with van der Waals surface area (Å²) in [7, 11) is 1.79. The fraction of sp³-hybridized carbons (Fsp3) is 0.280. The molecule has 178 valence electrons. The third-order valence-corrected chi connectivity index (χ3v) is 5.85. The molecule has 9 heteroatoms. The van der Waals surface area contributed by atoms with Crippen molar-refractivity contribution in [3.63, 3.8) is 0 Å². The minimum atomic E-state index is -0.855. The highest BCUT2D eigenvalue weighted by Crippen LogP contribution is 2.18. The molecule has 0 radical (unpaired) electrons. The summed E-state index contributed by atoms with van der Waals surface area (Å²) in [5.41, 5.74) is 0.979. The monoisotopic (exact) mass is 483 g/mol. The van der Waals surface area contributed by atoms with Gasteiger partial charge in [0.05, 0.1) is 24.6 Å². The van der Waals surface area contributed by atoms with Crippen molar-refractivity contribution in [2.45, 2.75) is 26.1 Å². The molecule has 8 nitrogen and oxygen atoms in total. The molecule has 4 rings (SSSR count). The number of hydrogen-bond donors (Lipinski definition) is 1. The first kappa shape index (κ1) is 23.8. The summed E-state index contributed by atoms with van der Waals surface area (Å²) in [6, 6.07) is 12.2. The number of hydrogen-bond acceptors (Lipinski definition) is 6. The van der Waals surface area contributed by atoms with Gasteiger partial charge in [0.1, 0.15) is 17.4 Å². The van der Waals surface area contributed by atoms with Gasteiger partial charge in [-0.25, -0.2) is 0 Å². The first-order valence-electron chi connectivity index (χ1n) is 10.9. The molecular weight excluding hydrogens is 458 g/mol. The molecule has 0 spiro atoms. The largest absolute Gasteiger partial charge is 0.467 e. The first-order chi connectivity index (χ1) is 16.4. The van der Waals surface area contributed by atoms with E-state index in [1.165, 1.54) is 12.5 Å². The zero-order chi connectivity index (χ0) is 24.2. The lowest BCUT2D eigenvalue weighted by atomic mass is 10.1. The van der Waals surface area contributed by atoms with Crippen molar-refractivity contribution in [2.75, 3.05) is 20.3 Å². The molecule has 0 aliphatic carbocycles. The Morgan fingerprint density at radius 3 is 2.59 bits per heavy atom. The SMILES string of the molecule is CCn1cc(C(=O)N(Cc2ccc(Cl)cc2)CN(C)C[C@@H](O)c2ccco2)c(=O)c2ccoc21. The lowest BCUT2D eigenvalue weighted by Crippen LogP contribution is -2.42. The van der Waals surface area contributed by atoms with Gasteiger partial charge in [-0.2, -0.15) is 0 Å². The Hall–Kier alpha value is -3.33. The molecule has 4 aromatic rings. The van der Waals surface area contributed by atoms with E-state index in [0.29, 0.717) is 28.4 Å². The van der Waals surface area contributed by atoms with Crippen LogP contribution in [-0.2, 0) is 13.1 Å². The van der Waals surface area contributed by atoms with Crippen molar-refractivity contribution >= 4 is 28.6 Å². The smallest absolute Gasteiger partial charge is 0.260 e. The van der Waals surface area contributed by atoms with Crippen LogP contribution in [0.25, 0.3) is 11.1 Å². The Morgan fingerprint density at radius 2 is 1.91 bits per heavy atom. The number of likely N-dealkylation sites (N-methyl/N-ethyl adjacent to an activating group) is 1. The van der Waals surface area contributed by atoms with Crippen LogP contribution in [-0.4, -0.2) is 45.6 Å². The van der Waals surface area contributed by atoms with Gasteiger partial charge in [0, 0.05) is 30.9 Å². The van der Waals surface area contributed by atoms with E-state index in [4.69, 9.17) is 20.4 Å². The molecule has 0 bridgehead atoms. The van der Waals surface area contributed by atoms with Crippen LogP contribution in [0.5, 0.6) is 0 Å². The van der Waals surface area contributed by atoms with Gasteiger partial charge in [0.15, 0.2) is 0 Å². The summed E-state index contributed by atoms with van der Waals surface area (Å²) in [6.45, 7) is 3.12. The number of benzene rings is 1. The van der Waals surface area contributed by atoms with Crippen LogP contribution in [0.1, 0.15) is 34.7 Å². The highest BCUT2D eigenvalue weighted by Gasteiger charge is 2.24. The molecule has 0 fully saturated rings. The summed E-state index contributed by atoms with van der Waals surface area (Å²) in [4.78, 5) is 30.2. The Kier molecular flexibility index (Phi) is 7.21. The lowest BCUT2D eigenvalue weighted by Gasteiger charge is -2.29. The van der Waals surface area contributed by atoms with E-state index in [-0.39, 0.29) is 30.8 Å². The number of nitrogens with zero attached hydrogens (tertiary/aromatic N) is 3. The molecule has 34 heavy (non-hydrogen) atoms. The Balaban J connectivity index is 1.63. The first-order valence-corrected chi connectivity index (χ1v) is 11.3. The van der Waals surface area contributed by atoms with Gasteiger partial charge in [-0.05, 0) is 49.9 Å². The van der Waals surface area contributed by atoms with E-state index >= 15 is 0 Å². The summed E-state index contributed by atoms with van der Waals surface area (Å²) in [5, 5.41) is 11.4. The van der Waals surface area contributed by atoms with Crippen LogP contribution < -0.4 is 5.43 Å². The zero-order valence-corrected chi connectivity index (χ0v) is 19.7. The van der Waals surface area contributed by atoms with Gasteiger partial charge in [-0.1, -0.05) is 23.7 Å². The fourth-order valence-corrected chi connectivity index (χ4v) is 4.01. The minimum Gasteiger partial charge on any atom is -0.467 e. The van der Waals surface area contributed by atoms with Gasteiger partial charge >= 0.3 is 0 Å². The maximum atomic E-state index is 13.7. The highest BCUT2D eigenvalue weighted by molar-refractivity contribution is 6.30. The maximum Gasteiger partial charge on any atom is 0.260 e. The molecule has 0 saturated carbocycles. The summed E-state index contributed by atoms with van der Waals surface area (Å²) in [6.07, 6.45) is 3.64. The molecule has 0 aliphatic heterocycles. The fourth-order valence-electron chi connectivity index (χ4n) is 3.88. The number of aromatic nitrogens is 1. The number of aliphatic hydroxyl groups is 1. The number of carbonyl (C=O) groups is 1. The second kappa shape index (κ2) is 10.3. The number of amides is 1. The quantitative estimate of drug-likeness (QED) is 0.360. The number of rotatable bonds is 9. The van der Waals surface area contributed by atoms with E-state index < -0.39 is 12.0 Å². The van der Waals surface area contributed by atoms with Crippen molar-refractivity contribution in [3.8, 4) is 0 Å². The number of carbonyl (C=O) groups excluding carboxylic acids is 1. The van der Waals surface area contributed by atoms with E-state index in [1.54, 1.807) is 57.9 Å². The number of halogens is 1. The number of fused-ring (bicyclic) bond motifs is 1. The second-order valence-corrected chi connectivity index (χ2v) is 8.57. The molecule has 1 N–H and O–H groups in total. The average Bonchev–Trinajstić information content (AvgIpc) is 3.53. The van der Waals surface area contributed by atoms with Gasteiger partial charge < -0.3 is 23.4 Å². The van der Waals surface area contributed by atoms with E-state index in [2.05, 4.69) is 0 Å². The van der Waals surface area contributed by atoms with Crippen LogP contribution in [0.4, 0.5) is 0 Å². The molecule has 1 atom stereocenters. The summed E-state index contributed by atoms with van der Waals surface area (Å²) < 4.78 is 12.5. The number of aryl methyl sites for hydroxylation is 1. The maximum absolute atomic E-state index is 13.7. The van der Waals surface area contributed by atoms with Crippen molar-refractivity contribution in [1.82, 2.24) is 14.4 Å². The normalized spacial score (nSPS) is 12.4. The minimum absolute atomic E-state index is 0.0599.